The van der Waals surface area contributed by atoms with Crippen LogP contribution in [0.2, 0.25) is 5.02 Å². The molecule has 0 saturated carbocycles. The first kappa shape index (κ1) is 14.0. The Morgan fingerprint density at radius 1 is 1.27 bits per heavy atom. The van der Waals surface area contributed by atoms with Crippen LogP contribution in [0.15, 0.2) is 30.3 Å². The van der Waals surface area contributed by atoms with Gasteiger partial charge in [0.1, 0.15) is 0 Å². The SMILES string of the molecule is CCCCCC(=O)O.Clc1ccccc1. The van der Waals surface area contributed by atoms with E-state index in [-0.39, 0.29) is 0 Å². The number of hydrogen-bond donors (Lipinski definition) is 1. The first-order chi connectivity index (χ1) is 7.16. The van der Waals surface area contributed by atoms with E-state index in [9.17, 15) is 4.79 Å². The molecule has 84 valence electrons. The molecule has 0 saturated heterocycles. The van der Waals surface area contributed by atoms with Crippen LogP contribution in [0.1, 0.15) is 32.6 Å². The van der Waals surface area contributed by atoms with Gasteiger partial charge >= 0.3 is 5.97 Å². The predicted molar refractivity (Wildman–Crippen MR) is 63.2 cm³/mol. The van der Waals surface area contributed by atoms with Crippen molar-refractivity contribution in [1.82, 2.24) is 0 Å². The molecule has 1 aromatic rings. The molecule has 0 heterocycles. The van der Waals surface area contributed by atoms with Crippen LogP contribution in [-0.2, 0) is 4.79 Å². The number of halogens is 1. The molecule has 0 fully saturated rings. The molecule has 0 amide bonds. The molecular formula is C12H17ClO2. The van der Waals surface area contributed by atoms with Crippen molar-refractivity contribution in [3.8, 4) is 0 Å². The highest BCUT2D eigenvalue weighted by Gasteiger charge is 1.92. The van der Waals surface area contributed by atoms with Crippen molar-refractivity contribution in [3.63, 3.8) is 0 Å². The number of carbonyl (C=O) groups is 1. The average molecular weight is 229 g/mol. The maximum Gasteiger partial charge on any atom is 0.303 e. The Morgan fingerprint density at radius 3 is 2.20 bits per heavy atom. The van der Waals surface area contributed by atoms with Crippen molar-refractivity contribution in [2.24, 2.45) is 0 Å². The number of rotatable bonds is 4. The largest absolute Gasteiger partial charge is 0.481 e. The molecule has 0 aliphatic rings. The molecule has 3 heteroatoms. The maximum atomic E-state index is 9.87. The number of hydrogen-bond acceptors (Lipinski definition) is 1. The first-order valence-electron chi connectivity index (χ1n) is 5.09. The van der Waals surface area contributed by atoms with Gasteiger partial charge in [-0.25, -0.2) is 0 Å². The van der Waals surface area contributed by atoms with E-state index in [1.165, 1.54) is 0 Å². The van der Waals surface area contributed by atoms with Crippen molar-refractivity contribution >= 4 is 17.6 Å². The van der Waals surface area contributed by atoms with Crippen LogP contribution >= 0.6 is 11.6 Å². The standard InChI is InChI=1S/C6H5Cl.C6H12O2/c7-6-4-2-1-3-5-6;1-2-3-4-5-6(7)8/h1-5H;2-5H2,1H3,(H,7,8). The van der Waals surface area contributed by atoms with Crippen LogP contribution in [-0.4, -0.2) is 11.1 Å². The summed E-state index contributed by atoms with van der Waals surface area (Å²) in [7, 11) is 0. The van der Waals surface area contributed by atoms with E-state index in [2.05, 4.69) is 6.92 Å². The van der Waals surface area contributed by atoms with Crippen molar-refractivity contribution in [2.75, 3.05) is 0 Å². The zero-order chi connectivity index (χ0) is 11.5. The van der Waals surface area contributed by atoms with E-state index in [0.717, 1.165) is 24.3 Å². The summed E-state index contributed by atoms with van der Waals surface area (Å²) in [5.74, 6) is -0.682. The van der Waals surface area contributed by atoms with Gasteiger partial charge in [0.25, 0.3) is 0 Å². The second-order valence-electron chi connectivity index (χ2n) is 3.15. The molecule has 0 atom stereocenters. The Kier molecular flexibility index (Phi) is 8.88. The van der Waals surface area contributed by atoms with Gasteiger partial charge < -0.3 is 5.11 Å². The van der Waals surface area contributed by atoms with Gasteiger partial charge in [0.15, 0.2) is 0 Å². The highest BCUT2D eigenvalue weighted by atomic mass is 35.5. The Hall–Kier alpha value is -1.02. The molecule has 0 bridgehead atoms. The van der Waals surface area contributed by atoms with Crippen LogP contribution in [0.3, 0.4) is 0 Å². The zero-order valence-electron chi connectivity index (χ0n) is 8.95. The van der Waals surface area contributed by atoms with Gasteiger partial charge in [-0.05, 0) is 18.6 Å². The van der Waals surface area contributed by atoms with E-state index >= 15 is 0 Å². The molecule has 0 unspecified atom stereocenters. The molecule has 0 spiro atoms. The molecule has 0 radical (unpaired) electrons. The summed E-state index contributed by atoms with van der Waals surface area (Å²) in [5, 5.41) is 8.93. The summed E-state index contributed by atoms with van der Waals surface area (Å²) in [5.41, 5.74) is 0. The third kappa shape index (κ3) is 10.9. The molecule has 0 aliphatic heterocycles. The monoisotopic (exact) mass is 228 g/mol. The minimum absolute atomic E-state index is 0.327. The van der Waals surface area contributed by atoms with E-state index in [4.69, 9.17) is 16.7 Å². The van der Waals surface area contributed by atoms with Gasteiger partial charge in [-0.3, -0.25) is 4.79 Å². The summed E-state index contributed by atoms with van der Waals surface area (Å²) in [4.78, 5) is 9.87. The van der Waals surface area contributed by atoms with Gasteiger partial charge in [0, 0.05) is 11.4 Å². The summed E-state index contributed by atoms with van der Waals surface area (Å²) in [6.45, 7) is 2.06. The smallest absolute Gasteiger partial charge is 0.303 e. The average Bonchev–Trinajstić information content (AvgIpc) is 2.20. The third-order valence-electron chi connectivity index (χ3n) is 1.73. The molecular weight excluding hydrogens is 212 g/mol. The van der Waals surface area contributed by atoms with Crippen LogP contribution in [0, 0.1) is 0 Å². The molecule has 1 aromatic carbocycles. The lowest BCUT2D eigenvalue weighted by molar-refractivity contribution is -0.137. The second-order valence-corrected chi connectivity index (χ2v) is 3.58. The Bertz CT molecular complexity index is 260. The van der Waals surface area contributed by atoms with Crippen LogP contribution < -0.4 is 0 Å². The second kappa shape index (κ2) is 9.53. The van der Waals surface area contributed by atoms with Gasteiger partial charge in [-0.1, -0.05) is 49.6 Å². The lowest BCUT2D eigenvalue weighted by Crippen LogP contribution is -1.92. The molecule has 0 aromatic heterocycles. The normalized spacial score (nSPS) is 8.93. The van der Waals surface area contributed by atoms with Gasteiger partial charge in [-0.15, -0.1) is 0 Å². The van der Waals surface area contributed by atoms with Gasteiger partial charge in [0.2, 0.25) is 0 Å². The highest BCUT2D eigenvalue weighted by Crippen LogP contribution is 2.03. The van der Waals surface area contributed by atoms with Crippen LogP contribution in [0.25, 0.3) is 0 Å². The summed E-state index contributed by atoms with van der Waals surface area (Å²) >= 11 is 5.54. The van der Waals surface area contributed by atoms with Crippen LogP contribution in [0.5, 0.6) is 0 Å². The fourth-order valence-electron chi connectivity index (χ4n) is 0.941. The van der Waals surface area contributed by atoms with Gasteiger partial charge in [-0.2, -0.15) is 0 Å². The lowest BCUT2D eigenvalue weighted by atomic mass is 10.2. The molecule has 1 N–H and O–H groups in total. The van der Waals surface area contributed by atoms with Gasteiger partial charge in [0.05, 0.1) is 0 Å². The Labute approximate surface area is 95.9 Å². The summed E-state index contributed by atoms with van der Waals surface area (Å²) < 4.78 is 0. The minimum Gasteiger partial charge on any atom is -0.481 e. The van der Waals surface area contributed by atoms with Crippen molar-refractivity contribution < 1.29 is 9.90 Å². The van der Waals surface area contributed by atoms with E-state index in [1.54, 1.807) is 0 Å². The van der Waals surface area contributed by atoms with Crippen LogP contribution in [0.4, 0.5) is 0 Å². The lowest BCUT2D eigenvalue weighted by Gasteiger charge is -1.89. The number of carboxylic acids is 1. The van der Waals surface area contributed by atoms with E-state index in [1.807, 2.05) is 30.3 Å². The minimum atomic E-state index is -0.682. The van der Waals surface area contributed by atoms with E-state index < -0.39 is 5.97 Å². The number of benzene rings is 1. The molecule has 0 aliphatic carbocycles. The topological polar surface area (TPSA) is 37.3 Å². The summed E-state index contributed by atoms with van der Waals surface area (Å²) in [6, 6.07) is 9.44. The number of carboxylic acid groups (broad SMARTS) is 1. The summed E-state index contributed by atoms with van der Waals surface area (Å²) in [6.07, 6.45) is 3.28. The number of unbranched alkanes of at least 4 members (excludes halogenated alkanes) is 2. The molecule has 15 heavy (non-hydrogen) atoms. The quantitative estimate of drug-likeness (QED) is 0.792. The van der Waals surface area contributed by atoms with Crippen molar-refractivity contribution in [1.29, 1.82) is 0 Å². The van der Waals surface area contributed by atoms with E-state index in [0.29, 0.717) is 6.42 Å². The third-order valence-corrected chi connectivity index (χ3v) is 1.98. The molecule has 1 rings (SSSR count). The fourth-order valence-corrected chi connectivity index (χ4v) is 1.09. The first-order valence-corrected chi connectivity index (χ1v) is 5.47. The number of aliphatic carboxylic acids is 1. The zero-order valence-corrected chi connectivity index (χ0v) is 9.70. The predicted octanol–water partition coefficient (Wildman–Crippen LogP) is 3.99. The maximum absolute atomic E-state index is 9.87. The van der Waals surface area contributed by atoms with Crippen molar-refractivity contribution in [3.05, 3.63) is 35.4 Å². The Balaban J connectivity index is 0.000000262. The molecule has 2 nitrogen and oxygen atoms in total. The highest BCUT2D eigenvalue weighted by molar-refractivity contribution is 6.30. The Morgan fingerprint density at radius 2 is 1.87 bits per heavy atom. The van der Waals surface area contributed by atoms with Crippen molar-refractivity contribution in [2.45, 2.75) is 32.6 Å². The fraction of sp³-hybridized carbons (Fsp3) is 0.417.